The second kappa shape index (κ2) is 8.15. The fourth-order valence-corrected chi connectivity index (χ4v) is 3.36. The summed E-state index contributed by atoms with van der Waals surface area (Å²) in [4.78, 5) is 10.9. The molecule has 6 heteroatoms. The van der Waals surface area contributed by atoms with Crippen LogP contribution in [0.1, 0.15) is 22.7 Å². The summed E-state index contributed by atoms with van der Waals surface area (Å²) in [5, 5.41) is 9.02. The third-order valence-electron chi connectivity index (χ3n) is 4.85. The number of hydrogen-bond donors (Lipinski definition) is 0. The van der Waals surface area contributed by atoms with Crippen molar-refractivity contribution in [1.82, 2.24) is 14.9 Å². The van der Waals surface area contributed by atoms with Gasteiger partial charge in [-0.1, -0.05) is 29.8 Å². The zero-order chi connectivity index (χ0) is 18.5. The molecule has 0 amide bonds. The second-order valence-corrected chi connectivity index (χ2v) is 6.72. The lowest BCUT2D eigenvalue weighted by molar-refractivity contribution is 0.125. The molecule has 0 bridgehead atoms. The van der Waals surface area contributed by atoms with Crippen molar-refractivity contribution < 1.29 is 9.47 Å². The van der Waals surface area contributed by atoms with Crippen molar-refractivity contribution in [2.75, 3.05) is 33.9 Å². The van der Waals surface area contributed by atoms with Gasteiger partial charge in [0.15, 0.2) is 0 Å². The number of ether oxygens (including phenoxy) is 2. The first-order chi connectivity index (χ1) is 12.6. The van der Waals surface area contributed by atoms with Crippen molar-refractivity contribution in [1.29, 1.82) is 5.26 Å². The Hall–Kier alpha value is -2.65. The number of aromatic nitrogens is 2. The predicted molar refractivity (Wildman–Crippen MR) is 98.3 cm³/mol. The minimum absolute atomic E-state index is 0.155. The van der Waals surface area contributed by atoms with Gasteiger partial charge < -0.3 is 14.4 Å². The lowest BCUT2D eigenvalue weighted by Gasteiger charge is -2.38. The van der Waals surface area contributed by atoms with Crippen LogP contribution >= 0.6 is 0 Å². The van der Waals surface area contributed by atoms with Gasteiger partial charge in [-0.15, -0.1) is 0 Å². The van der Waals surface area contributed by atoms with Crippen molar-refractivity contribution in [2.24, 2.45) is 5.92 Å². The summed E-state index contributed by atoms with van der Waals surface area (Å²) in [6, 6.07) is 10.9. The summed E-state index contributed by atoms with van der Waals surface area (Å²) < 4.78 is 10.8. The van der Waals surface area contributed by atoms with Crippen LogP contribution in [0.5, 0.6) is 11.6 Å². The molecule has 6 nitrogen and oxygen atoms in total. The van der Waals surface area contributed by atoms with E-state index in [1.54, 1.807) is 14.2 Å². The van der Waals surface area contributed by atoms with Crippen molar-refractivity contribution >= 4 is 0 Å². The molecule has 1 aliphatic heterocycles. The number of methoxy groups -OCH3 is 2. The SMILES string of the molecule is COc1ncnc(C[C@H](CN2CC(C#N)C2)c2ccc(C)cc2)c1OC. The second-order valence-electron chi connectivity index (χ2n) is 6.72. The van der Waals surface area contributed by atoms with E-state index in [1.165, 1.54) is 17.5 Å². The Kier molecular flexibility index (Phi) is 5.69. The third-order valence-corrected chi connectivity index (χ3v) is 4.85. The summed E-state index contributed by atoms with van der Waals surface area (Å²) >= 11 is 0. The third kappa shape index (κ3) is 3.94. The Labute approximate surface area is 154 Å². The minimum atomic E-state index is 0.155. The Balaban J connectivity index is 1.84. The van der Waals surface area contributed by atoms with Gasteiger partial charge >= 0.3 is 0 Å². The molecular weight excluding hydrogens is 328 g/mol. The van der Waals surface area contributed by atoms with E-state index in [1.807, 2.05) is 0 Å². The number of rotatable bonds is 7. The molecule has 1 saturated heterocycles. The average molecular weight is 352 g/mol. The fraction of sp³-hybridized carbons (Fsp3) is 0.450. The van der Waals surface area contributed by atoms with Gasteiger partial charge in [-0.2, -0.15) is 10.2 Å². The van der Waals surface area contributed by atoms with Gasteiger partial charge in [0.05, 0.1) is 31.9 Å². The molecule has 1 aromatic carbocycles. The Morgan fingerprint density at radius 1 is 1.19 bits per heavy atom. The molecule has 0 N–H and O–H groups in total. The molecule has 26 heavy (non-hydrogen) atoms. The van der Waals surface area contributed by atoms with Crippen LogP contribution in [0.2, 0.25) is 0 Å². The van der Waals surface area contributed by atoms with Crippen molar-refractivity contribution in [3.63, 3.8) is 0 Å². The minimum Gasteiger partial charge on any atom is -0.490 e. The van der Waals surface area contributed by atoms with Crippen molar-refractivity contribution in [3.05, 3.63) is 47.4 Å². The predicted octanol–water partition coefficient (Wildman–Crippen LogP) is 2.58. The summed E-state index contributed by atoms with van der Waals surface area (Å²) in [6.45, 7) is 4.65. The normalized spacial score (nSPS) is 15.8. The van der Waals surface area contributed by atoms with Gasteiger partial charge in [0.1, 0.15) is 6.33 Å². The molecule has 1 aromatic heterocycles. The van der Waals surface area contributed by atoms with Crippen molar-refractivity contribution in [2.45, 2.75) is 19.3 Å². The summed E-state index contributed by atoms with van der Waals surface area (Å²) in [7, 11) is 3.19. The van der Waals surface area contributed by atoms with Crippen LogP contribution in [-0.4, -0.2) is 48.7 Å². The van der Waals surface area contributed by atoms with Gasteiger partial charge in [0.25, 0.3) is 5.88 Å². The van der Waals surface area contributed by atoms with Crippen LogP contribution in [0.25, 0.3) is 0 Å². The molecule has 0 saturated carbocycles. The lowest BCUT2D eigenvalue weighted by Crippen LogP contribution is -2.47. The highest BCUT2D eigenvalue weighted by atomic mass is 16.5. The first-order valence-electron chi connectivity index (χ1n) is 8.75. The smallest absolute Gasteiger partial charge is 0.260 e. The Bertz CT molecular complexity index is 779. The molecule has 0 spiro atoms. The molecule has 0 radical (unpaired) electrons. The first kappa shape index (κ1) is 18.2. The summed E-state index contributed by atoms with van der Waals surface area (Å²) in [6.07, 6.45) is 2.23. The Morgan fingerprint density at radius 3 is 2.54 bits per heavy atom. The highest BCUT2D eigenvalue weighted by molar-refractivity contribution is 5.38. The number of hydrogen-bond acceptors (Lipinski definition) is 6. The van der Waals surface area contributed by atoms with Crippen LogP contribution in [0, 0.1) is 24.2 Å². The van der Waals surface area contributed by atoms with Gasteiger partial charge in [-0.25, -0.2) is 4.98 Å². The largest absolute Gasteiger partial charge is 0.490 e. The number of aryl methyl sites for hydroxylation is 1. The van der Waals surface area contributed by atoms with Crippen LogP contribution < -0.4 is 9.47 Å². The van der Waals surface area contributed by atoms with E-state index < -0.39 is 0 Å². The molecule has 0 aliphatic carbocycles. The highest BCUT2D eigenvalue weighted by Crippen LogP contribution is 2.32. The Morgan fingerprint density at radius 2 is 1.92 bits per heavy atom. The topological polar surface area (TPSA) is 71.3 Å². The maximum absolute atomic E-state index is 9.02. The van der Waals surface area contributed by atoms with Gasteiger partial charge in [-0.3, -0.25) is 0 Å². The molecule has 0 unspecified atom stereocenters. The van der Waals surface area contributed by atoms with E-state index in [0.29, 0.717) is 11.6 Å². The van der Waals surface area contributed by atoms with Gasteiger partial charge in [0, 0.05) is 32.0 Å². The number of nitrogens with zero attached hydrogens (tertiary/aromatic N) is 4. The number of nitriles is 1. The molecule has 1 aliphatic rings. The monoisotopic (exact) mass is 352 g/mol. The van der Waals surface area contributed by atoms with E-state index in [0.717, 1.165) is 31.7 Å². The van der Waals surface area contributed by atoms with Crippen LogP contribution in [0.4, 0.5) is 0 Å². The quantitative estimate of drug-likeness (QED) is 0.763. The molecule has 3 rings (SSSR count). The standard InChI is InChI=1S/C20H24N4O2/c1-14-4-6-16(7-5-14)17(12-24-10-15(9-21)11-24)8-18-19(25-2)20(26-3)23-13-22-18/h4-7,13,15,17H,8,10-12H2,1-3H3/t17-/m1/s1. The van der Waals surface area contributed by atoms with Crippen LogP contribution in [0.3, 0.4) is 0 Å². The maximum Gasteiger partial charge on any atom is 0.260 e. The first-order valence-corrected chi connectivity index (χ1v) is 8.75. The highest BCUT2D eigenvalue weighted by Gasteiger charge is 2.29. The molecule has 2 heterocycles. The van der Waals surface area contributed by atoms with E-state index >= 15 is 0 Å². The van der Waals surface area contributed by atoms with Crippen molar-refractivity contribution in [3.8, 4) is 17.7 Å². The molecule has 1 atom stereocenters. The molecule has 1 fully saturated rings. The summed E-state index contributed by atoms with van der Waals surface area (Å²) in [5.41, 5.74) is 3.33. The lowest BCUT2D eigenvalue weighted by atomic mass is 9.90. The van der Waals surface area contributed by atoms with E-state index in [-0.39, 0.29) is 11.8 Å². The average Bonchev–Trinajstić information content (AvgIpc) is 2.63. The molecular formula is C20H24N4O2. The van der Waals surface area contributed by atoms with E-state index in [4.69, 9.17) is 14.7 Å². The van der Waals surface area contributed by atoms with E-state index in [2.05, 4.69) is 52.1 Å². The molecule has 2 aromatic rings. The van der Waals surface area contributed by atoms with Gasteiger partial charge in [0.2, 0.25) is 5.75 Å². The zero-order valence-electron chi connectivity index (χ0n) is 15.5. The van der Waals surface area contributed by atoms with Crippen LogP contribution in [0.15, 0.2) is 30.6 Å². The number of benzene rings is 1. The summed E-state index contributed by atoms with van der Waals surface area (Å²) in [5.74, 6) is 1.45. The van der Waals surface area contributed by atoms with E-state index in [9.17, 15) is 0 Å². The zero-order valence-corrected chi connectivity index (χ0v) is 15.5. The molecule has 136 valence electrons. The van der Waals surface area contributed by atoms with Crippen LogP contribution in [-0.2, 0) is 6.42 Å². The van der Waals surface area contributed by atoms with Gasteiger partial charge in [-0.05, 0) is 12.5 Å². The number of likely N-dealkylation sites (tertiary alicyclic amines) is 1. The maximum atomic E-state index is 9.02. The fourth-order valence-electron chi connectivity index (χ4n) is 3.36.